The maximum Gasteiger partial charge on any atom is 0.250 e. The van der Waals surface area contributed by atoms with Gasteiger partial charge in [-0.25, -0.2) is 14.4 Å². The van der Waals surface area contributed by atoms with E-state index in [1.165, 1.54) is 6.07 Å². The van der Waals surface area contributed by atoms with Crippen LogP contribution in [0.2, 0.25) is 5.02 Å². The Bertz CT molecular complexity index is 1110. The number of benzene rings is 2. The molecule has 0 aliphatic carbocycles. The Kier molecular flexibility index (Phi) is 6.08. The molecule has 9 heteroatoms. The molecule has 2 aromatic carbocycles. The molecule has 1 fully saturated rings. The van der Waals surface area contributed by atoms with Crippen molar-refractivity contribution in [2.45, 2.75) is 17.7 Å². The van der Waals surface area contributed by atoms with Crippen molar-refractivity contribution in [3.05, 3.63) is 59.6 Å². The lowest BCUT2D eigenvalue weighted by molar-refractivity contribution is 0.215. The fourth-order valence-corrected chi connectivity index (χ4v) is 4.96. The first-order valence-electron chi connectivity index (χ1n) is 10.4. The summed E-state index contributed by atoms with van der Waals surface area (Å²) in [6, 6.07) is 10.4. The summed E-state index contributed by atoms with van der Waals surface area (Å²) >= 11 is 4.73. The Morgan fingerprint density at radius 2 is 1.84 bits per heavy atom. The van der Waals surface area contributed by atoms with E-state index in [-0.39, 0.29) is 11.7 Å². The Labute approximate surface area is 193 Å². The summed E-state index contributed by atoms with van der Waals surface area (Å²) in [6.07, 6.45) is 5.04. The molecule has 3 aromatic rings. The number of hydrogen-bond donors (Lipinski definition) is 0. The van der Waals surface area contributed by atoms with Crippen LogP contribution >= 0.6 is 11.6 Å². The van der Waals surface area contributed by atoms with Gasteiger partial charge in [-0.1, -0.05) is 17.7 Å². The number of anilines is 1. The molecule has 0 unspecified atom stereocenters. The highest BCUT2D eigenvalue weighted by Gasteiger charge is 2.26. The van der Waals surface area contributed by atoms with Gasteiger partial charge in [-0.3, -0.25) is 0 Å². The van der Waals surface area contributed by atoms with Crippen LogP contribution in [-0.4, -0.2) is 40.2 Å². The molecule has 2 aliphatic rings. The third-order valence-corrected chi connectivity index (χ3v) is 7.11. The van der Waals surface area contributed by atoms with Crippen molar-refractivity contribution < 1.29 is 18.4 Å². The maximum atomic E-state index is 14.7. The molecule has 32 heavy (non-hydrogen) atoms. The Morgan fingerprint density at radius 3 is 2.59 bits per heavy atom. The molecule has 6 nitrogen and oxygen atoms in total. The van der Waals surface area contributed by atoms with Gasteiger partial charge in [-0.15, -0.1) is 0 Å². The number of aromatic nitrogens is 2. The number of nitrogens with zero attached hydrogens (tertiary/aromatic N) is 3. The molecule has 0 N–H and O–H groups in total. The zero-order valence-corrected chi connectivity index (χ0v) is 18.7. The topological polar surface area (TPSA) is 70.5 Å². The standard InChI is InChI=1S/C23H21ClFN3O3S/c24-18-11-26-23(27-12-18)28-7-5-15(6-8-28)13-30-20-3-1-16(9-19(20)25)17-2-4-22-21(10-17)31-14-32(22)29/h1-4,9-12,15H,5-8,13-14H2/t32-/m1/s1. The van der Waals surface area contributed by atoms with Gasteiger partial charge in [0.2, 0.25) is 5.95 Å². The van der Waals surface area contributed by atoms with Gasteiger partial charge >= 0.3 is 0 Å². The van der Waals surface area contributed by atoms with Crippen LogP contribution in [-0.2, 0) is 11.2 Å². The lowest BCUT2D eigenvalue weighted by Crippen LogP contribution is -2.36. The van der Waals surface area contributed by atoms with E-state index in [2.05, 4.69) is 14.9 Å². The fourth-order valence-electron chi connectivity index (χ4n) is 3.94. The normalized spacial score (nSPS) is 18.3. The summed E-state index contributed by atoms with van der Waals surface area (Å²) in [5, 5.41) is 0.519. The molecule has 2 aliphatic heterocycles. The molecular weight excluding hydrogens is 453 g/mol. The van der Waals surface area contributed by atoms with Crippen LogP contribution in [0, 0.1) is 11.7 Å². The van der Waals surface area contributed by atoms with Gasteiger partial charge in [0.15, 0.2) is 22.2 Å². The summed E-state index contributed by atoms with van der Waals surface area (Å²) < 4.78 is 37.8. The third-order valence-electron chi connectivity index (χ3n) is 5.75. The molecule has 3 heterocycles. The van der Waals surface area contributed by atoms with E-state index in [9.17, 15) is 8.94 Å². The second-order valence-electron chi connectivity index (χ2n) is 7.86. The van der Waals surface area contributed by atoms with Crippen LogP contribution in [0.4, 0.5) is 10.3 Å². The molecule has 1 atom stereocenters. The smallest absolute Gasteiger partial charge is 0.250 e. The van der Waals surface area contributed by atoms with Gasteiger partial charge in [0, 0.05) is 24.3 Å². The average molecular weight is 474 g/mol. The molecule has 0 amide bonds. The monoisotopic (exact) mass is 473 g/mol. The first-order chi connectivity index (χ1) is 15.6. The molecule has 0 bridgehead atoms. The van der Waals surface area contributed by atoms with E-state index < -0.39 is 17.0 Å². The lowest BCUT2D eigenvalue weighted by Gasteiger charge is -2.31. The van der Waals surface area contributed by atoms with Crippen LogP contribution in [0.15, 0.2) is 53.7 Å². The maximum absolute atomic E-state index is 14.7. The van der Waals surface area contributed by atoms with Gasteiger partial charge in [0.1, 0.15) is 0 Å². The Balaban J connectivity index is 1.18. The summed E-state index contributed by atoms with van der Waals surface area (Å²) in [5.74, 6) is 1.63. The quantitative estimate of drug-likeness (QED) is 0.501. The highest BCUT2D eigenvalue weighted by Crippen LogP contribution is 2.36. The van der Waals surface area contributed by atoms with E-state index >= 15 is 0 Å². The highest BCUT2D eigenvalue weighted by molar-refractivity contribution is 7.91. The first kappa shape index (κ1) is 21.3. The van der Waals surface area contributed by atoms with Gasteiger partial charge in [0.05, 0.1) is 24.0 Å². The van der Waals surface area contributed by atoms with Crippen molar-refractivity contribution in [3.63, 3.8) is 0 Å². The van der Waals surface area contributed by atoms with Crippen LogP contribution in [0.3, 0.4) is 0 Å². The van der Waals surface area contributed by atoms with E-state index in [1.807, 2.05) is 12.1 Å². The van der Waals surface area contributed by atoms with E-state index in [0.717, 1.165) is 37.1 Å². The number of fused-ring (bicyclic) bond motifs is 1. The minimum Gasteiger partial charge on any atom is -0.609 e. The molecule has 0 radical (unpaired) electrons. The Morgan fingerprint density at radius 1 is 1.12 bits per heavy atom. The summed E-state index contributed by atoms with van der Waals surface area (Å²) in [5.41, 5.74) is 1.53. The van der Waals surface area contributed by atoms with Crippen LogP contribution < -0.4 is 14.4 Å². The van der Waals surface area contributed by atoms with Crippen molar-refractivity contribution in [1.82, 2.24) is 9.97 Å². The fraction of sp³-hybridized carbons (Fsp3) is 0.304. The second-order valence-corrected chi connectivity index (χ2v) is 9.66. The minimum atomic E-state index is -1.12. The van der Waals surface area contributed by atoms with E-state index in [0.29, 0.717) is 34.1 Å². The minimum absolute atomic E-state index is 0.172. The SMILES string of the molecule is [O-][S@+]1COc2cc(-c3ccc(OCC4CCN(c5ncc(Cl)cn5)CC4)c(F)c3)ccc21. The molecule has 0 spiro atoms. The summed E-state index contributed by atoms with van der Waals surface area (Å²) in [7, 11) is 0. The average Bonchev–Trinajstić information content (AvgIpc) is 3.19. The number of ether oxygens (including phenoxy) is 2. The third kappa shape index (κ3) is 4.48. The molecule has 0 saturated carbocycles. The number of hydrogen-bond acceptors (Lipinski definition) is 6. The van der Waals surface area contributed by atoms with Crippen LogP contribution in [0.1, 0.15) is 12.8 Å². The largest absolute Gasteiger partial charge is 0.609 e. The lowest BCUT2D eigenvalue weighted by atomic mass is 9.98. The summed E-state index contributed by atoms with van der Waals surface area (Å²) in [4.78, 5) is 11.3. The Hall–Kier alpha value is -2.55. The molecule has 5 rings (SSSR count). The van der Waals surface area contributed by atoms with E-state index in [1.54, 1.807) is 30.6 Å². The summed E-state index contributed by atoms with van der Waals surface area (Å²) in [6.45, 7) is 2.11. The van der Waals surface area contributed by atoms with E-state index in [4.69, 9.17) is 21.1 Å². The molecule has 1 saturated heterocycles. The van der Waals surface area contributed by atoms with Gasteiger partial charge in [-0.05, 0) is 60.2 Å². The van der Waals surface area contributed by atoms with Crippen LogP contribution in [0.5, 0.6) is 11.5 Å². The van der Waals surface area contributed by atoms with Crippen molar-refractivity contribution in [3.8, 4) is 22.6 Å². The predicted octanol–water partition coefficient (Wildman–Crippen LogP) is 4.69. The van der Waals surface area contributed by atoms with Crippen molar-refractivity contribution in [1.29, 1.82) is 0 Å². The molecular formula is C23H21ClFN3O3S. The second kappa shape index (κ2) is 9.13. The number of halogens is 2. The van der Waals surface area contributed by atoms with Gasteiger partial charge in [0.25, 0.3) is 5.94 Å². The predicted molar refractivity (Wildman–Crippen MR) is 121 cm³/mol. The van der Waals surface area contributed by atoms with Crippen molar-refractivity contribution in [2.75, 3.05) is 30.5 Å². The zero-order chi connectivity index (χ0) is 22.1. The van der Waals surface area contributed by atoms with Crippen molar-refractivity contribution >= 4 is 28.7 Å². The first-order valence-corrected chi connectivity index (χ1v) is 12.1. The van der Waals surface area contributed by atoms with Gasteiger partial charge in [-0.2, -0.15) is 0 Å². The van der Waals surface area contributed by atoms with Crippen molar-refractivity contribution in [2.24, 2.45) is 5.92 Å². The number of piperidine rings is 1. The molecule has 166 valence electrons. The highest BCUT2D eigenvalue weighted by atomic mass is 35.5. The molecule has 1 aromatic heterocycles. The van der Waals surface area contributed by atoms with Crippen LogP contribution in [0.25, 0.3) is 11.1 Å². The number of rotatable bonds is 5. The van der Waals surface area contributed by atoms with Gasteiger partial charge < -0.3 is 18.9 Å². The zero-order valence-electron chi connectivity index (χ0n) is 17.2.